The highest BCUT2D eigenvalue weighted by molar-refractivity contribution is 6.20. The number of hydrogen-bond acceptors (Lipinski definition) is 7. The van der Waals surface area contributed by atoms with Crippen LogP contribution in [0.2, 0.25) is 0 Å². The molecule has 8 nitrogen and oxygen atoms in total. The first-order valence-corrected chi connectivity index (χ1v) is 11.7. The van der Waals surface area contributed by atoms with Crippen LogP contribution in [0.4, 0.5) is 17.5 Å². The zero-order valence-corrected chi connectivity index (χ0v) is 19.8. The van der Waals surface area contributed by atoms with Gasteiger partial charge in [-0.15, -0.1) is 0 Å². The van der Waals surface area contributed by atoms with Crippen LogP contribution in [0.5, 0.6) is 0 Å². The summed E-state index contributed by atoms with van der Waals surface area (Å²) in [5.41, 5.74) is 14.3. The Bertz CT molecular complexity index is 1180. The Kier molecular flexibility index (Phi) is 7.15. The Hall–Kier alpha value is -3.81. The third kappa shape index (κ3) is 5.22. The number of carbonyl (C=O) groups excluding carboxylic acids is 1. The fourth-order valence-corrected chi connectivity index (χ4v) is 4.52. The number of carbonyl (C=O) groups is 1. The Morgan fingerprint density at radius 2 is 1.76 bits per heavy atom. The number of amides is 1. The summed E-state index contributed by atoms with van der Waals surface area (Å²) in [5, 5.41) is 7.62. The summed E-state index contributed by atoms with van der Waals surface area (Å²) < 4.78 is 0. The SMILES string of the molecule is CN(C)c1nc(NC2CCC(CNC(=O)/C(=C/N)c3ccccc3N)CC2)nc2ccccc12. The first-order chi connectivity index (χ1) is 16.5. The average molecular weight is 460 g/mol. The second-order valence-corrected chi connectivity index (χ2v) is 9.02. The largest absolute Gasteiger partial charge is 0.404 e. The molecule has 1 amide bonds. The average Bonchev–Trinajstić information content (AvgIpc) is 2.84. The monoisotopic (exact) mass is 459 g/mol. The van der Waals surface area contributed by atoms with E-state index in [1.807, 2.05) is 55.4 Å². The number of para-hydroxylation sites is 2. The number of nitrogens with one attached hydrogen (secondary N) is 2. The number of rotatable bonds is 7. The summed E-state index contributed by atoms with van der Waals surface area (Å²) in [6.07, 6.45) is 5.36. The number of nitrogens with two attached hydrogens (primary N) is 2. The summed E-state index contributed by atoms with van der Waals surface area (Å²) >= 11 is 0. The fraction of sp³-hybridized carbons (Fsp3) is 0.346. The van der Waals surface area contributed by atoms with Crippen LogP contribution in [-0.2, 0) is 4.79 Å². The van der Waals surface area contributed by atoms with Gasteiger partial charge in [0.1, 0.15) is 5.82 Å². The summed E-state index contributed by atoms with van der Waals surface area (Å²) in [6, 6.07) is 15.6. The van der Waals surface area contributed by atoms with Crippen molar-refractivity contribution in [2.24, 2.45) is 11.7 Å². The van der Waals surface area contributed by atoms with Crippen LogP contribution >= 0.6 is 0 Å². The number of hydrogen-bond donors (Lipinski definition) is 4. The van der Waals surface area contributed by atoms with Crippen LogP contribution in [0.25, 0.3) is 16.5 Å². The number of benzene rings is 2. The first kappa shape index (κ1) is 23.4. The maximum Gasteiger partial charge on any atom is 0.253 e. The van der Waals surface area contributed by atoms with Gasteiger partial charge in [0.15, 0.2) is 0 Å². The van der Waals surface area contributed by atoms with Crippen molar-refractivity contribution in [3.63, 3.8) is 0 Å². The van der Waals surface area contributed by atoms with E-state index in [0.717, 1.165) is 42.4 Å². The quantitative estimate of drug-likeness (QED) is 0.316. The number of aromatic nitrogens is 2. The molecule has 0 bridgehead atoms. The molecule has 6 N–H and O–H groups in total. The lowest BCUT2D eigenvalue weighted by molar-refractivity contribution is -0.115. The van der Waals surface area contributed by atoms with Crippen molar-refractivity contribution in [1.29, 1.82) is 0 Å². The molecule has 1 heterocycles. The number of anilines is 3. The maximum absolute atomic E-state index is 12.7. The second-order valence-electron chi connectivity index (χ2n) is 9.02. The van der Waals surface area contributed by atoms with Crippen LogP contribution < -0.4 is 27.0 Å². The van der Waals surface area contributed by atoms with E-state index in [1.54, 1.807) is 12.1 Å². The second kappa shape index (κ2) is 10.4. The molecular formula is C26H33N7O. The number of nitrogen functional groups attached to an aromatic ring is 1. The molecule has 0 unspecified atom stereocenters. The minimum atomic E-state index is -0.193. The van der Waals surface area contributed by atoms with E-state index < -0.39 is 0 Å². The topological polar surface area (TPSA) is 122 Å². The van der Waals surface area contributed by atoms with Gasteiger partial charge in [-0.2, -0.15) is 4.98 Å². The molecule has 0 radical (unpaired) electrons. The van der Waals surface area contributed by atoms with Crippen LogP contribution in [0, 0.1) is 5.92 Å². The first-order valence-electron chi connectivity index (χ1n) is 11.7. The van der Waals surface area contributed by atoms with Gasteiger partial charge < -0.3 is 27.0 Å². The Morgan fingerprint density at radius 1 is 1.06 bits per heavy atom. The van der Waals surface area contributed by atoms with Crippen LogP contribution in [0.1, 0.15) is 31.2 Å². The third-order valence-electron chi connectivity index (χ3n) is 6.40. The summed E-state index contributed by atoms with van der Waals surface area (Å²) in [5.74, 6) is 1.80. The number of fused-ring (bicyclic) bond motifs is 1. The van der Waals surface area contributed by atoms with Gasteiger partial charge in [0.2, 0.25) is 5.95 Å². The fourth-order valence-electron chi connectivity index (χ4n) is 4.52. The van der Waals surface area contributed by atoms with E-state index in [-0.39, 0.29) is 5.91 Å². The standard InChI is InChI=1S/C26H33N7O/c1-33(2)24-20-8-4-6-10-23(20)31-26(32-24)30-18-13-11-17(12-14-18)16-29-25(34)21(15-27)19-7-3-5-9-22(19)28/h3-10,15,17-18H,11-14,16,27-28H2,1-2H3,(H,29,34)(H,30,31,32)/b21-15+. The highest BCUT2D eigenvalue weighted by Crippen LogP contribution is 2.28. The van der Waals surface area contributed by atoms with E-state index in [9.17, 15) is 4.79 Å². The van der Waals surface area contributed by atoms with Crippen molar-refractivity contribution in [3.8, 4) is 0 Å². The van der Waals surface area contributed by atoms with Crippen LogP contribution in [-0.4, -0.2) is 42.6 Å². The van der Waals surface area contributed by atoms with Crippen molar-refractivity contribution in [3.05, 3.63) is 60.3 Å². The zero-order valence-electron chi connectivity index (χ0n) is 19.8. The predicted molar refractivity (Wildman–Crippen MR) is 139 cm³/mol. The van der Waals surface area contributed by atoms with Crippen molar-refractivity contribution < 1.29 is 4.79 Å². The molecule has 8 heteroatoms. The lowest BCUT2D eigenvalue weighted by Crippen LogP contribution is -2.34. The van der Waals surface area contributed by atoms with Gasteiger partial charge in [0.05, 0.1) is 11.1 Å². The molecule has 0 atom stereocenters. The minimum Gasteiger partial charge on any atom is -0.404 e. The summed E-state index contributed by atoms with van der Waals surface area (Å²) in [6.45, 7) is 0.618. The molecule has 2 aromatic carbocycles. The molecule has 3 aromatic rings. The summed E-state index contributed by atoms with van der Waals surface area (Å²) in [7, 11) is 3.99. The molecule has 34 heavy (non-hydrogen) atoms. The normalized spacial score (nSPS) is 18.5. The highest BCUT2D eigenvalue weighted by atomic mass is 16.1. The molecule has 1 aromatic heterocycles. The molecule has 1 fully saturated rings. The van der Waals surface area contributed by atoms with Gasteiger partial charge >= 0.3 is 0 Å². The van der Waals surface area contributed by atoms with Crippen molar-refractivity contribution in [2.45, 2.75) is 31.7 Å². The lowest BCUT2D eigenvalue weighted by Gasteiger charge is -2.29. The third-order valence-corrected chi connectivity index (χ3v) is 6.40. The molecule has 1 aliphatic carbocycles. The molecule has 1 aliphatic rings. The lowest BCUT2D eigenvalue weighted by atomic mass is 9.86. The van der Waals surface area contributed by atoms with E-state index in [4.69, 9.17) is 21.4 Å². The van der Waals surface area contributed by atoms with Gasteiger partial charge in [-0.25, -0.2) is 4.98 Å². The molecular weight excluding hydrogens is 426 g/mol. The Balaban J connectivity index is 1.32. The molecule has 0 aliphatic heterocycles. The molecule has 0 spiro atoms. The van der Waals surface area contributed by atoms with Crippen molar-refractivity contribution in [1.82, 2.24) is 15.3 Å². The van der Waals surface area contributed by atoms with E-state index in [1.165, 1.54) is 6.20 Å². The Morgan fingerprint density at radius 3 is 2.47 bits per heavy atom. The molecule has 0 saturated heterocycles. The van der Waals surface area contributed by atoms with E-state index >= 15 is 0 Å². The van der Waals surface area contributed by atoms with Gasteiger partial charge in [-0.1, -0.05) is 30.3 Å². The molecule has 1 saturated carbocycles. The molecule has 178 valence electrons. The van der Waals surface area contributed by atoms with Crippen molar-refractivity contribution in [2.75, 3.05) is 36.6 Å². The summed E-state index contributed by atoms with van der Waals surface area (Å²) in [4.78, 5) is 24.2. The Labute approximate surface area is 200 Å². The van der Waals surface area contributed by atoms with Crippen molar-refractivity contribution >= 4 is 39.8 Å². The van der Waals surface area contributed by atoms with E-state index in [0.29, 0.717) is 41.3 Å². The van der Waals surface area contributed by atoms with Gasteiger partial charge in [0, 0.05) is 49.5 Å². The van der Waals surface area contributed by atoms with Gasteiger partial charge in [-0.05, 0) is 49.8 Å². The maximum atomic E-state index is 12.7. The van der Waals surface area contributed by atoms with Crippen LogP contribution in [0.3, 0.4) is 0 Å². The van der Waals surface area contributed by atoms with Gasteiger partial charge in [-0.3, -0.25) is 4.79 Å². The highest BCUT2D eigenvalue weighted by Gasteiger charge is 2.23. The molecule has 4 rings (SSSR count). The van der Waals surface area contributed by atoms with Gasteiger partial charge in [0.25, 0.3) is 5.91 Å². The van der Waals surface area contributed by atoms with Crippen LogP contribution in [0.15, 0.2) is 54.7 Å². The number of nitrogens with zero attached hydrogens (tertiary/aromatic N) is 3. The minimum absolute atomic E-state index is 0.193. The van der Waals surface area contributed by atoms with E-state index in [2.05, 4.69) is 10.6 Å². The zero-order chi connectivity index (χ0) is 24.1. The predicted octanol–water partition coefficient (Wildman–Crippen LogP) is 3.36. The smallest absolute Gasteiger partial charge is 0.253 e.